The first kappa shape index (κ1) is 12.6. The predicted molar refractivity (Wildman–Crippen MR) is 36.6 cm³/mol. The number of hydrogen-bond donors (Lipinski definition) is 1. The average Bonchev–Trinajstić information content (AvgIpc) is 1.62. The third kappa shape index (κ3) is 7.99. The zero-order valence-electron chi connectivity index (χ0n) is 7.03. The minimum Gasteiger partial charge on any atom is -1.00 e. The second kappa shape index (κ2) is 4.75. The summed E-state index contributed by atoms with van der Waals surface area (Å²) >= 11 is 0. The molecule has 3 nitrogen and oxygen atoms in total. The minimum atomic E-state index is -3.97. The largest absolute Gasteiger partial charge is 1.00 e. The van der Waals surface area contributed by atoms with E-state index in [4.69, 9.17) is 4.55 Å². The van der Waals surface area contributed by atoms with Gasteiger partial charge in [0.15, 0.2) is 0 Å². The van der Waals surface area contributed by atoms with Crippen molar-refractivity contribution in [2.45, 2.75) is 6.92 Å². The van der Waals surface area contributed by atoms with Crippen molar-refractivity contribution in [2.75, 3.05) is 0 Å². The maximum absolute atomic E-state index is 10.0. The molecule has 0 unspecified atom stereocenters. The van der Waals surface area contributed by atoms with Crippen LogP contribution in [0.1, 0.15) is 8.35 Å². The van der Waals surface area contributed by atoms with E-state index in [2.05, 4.69) is 6.58 Å². The van der Waals surface area contributed by atoms with Crippen LogP contribution in [0.4, 0.5) is 0 Å². The Kier molecular flexibility index (Phi) is 6.01. The molecule has 0 amide bonds. The summed E-state index contributed by atoms with van der Waals surface area (Å²) in [6.07, 6.45) is 1.34. The van der Waals surface area contributed by atoms with Crippen LogP contribution >= 0.6 is 0 Å². The van der Waals surface area contributed by atoms with Crippen molar-refractivity contribution in [3.63, 3.8) is 0 Å². The van der Waals surface area contributed by atoms with Crippen molar-refractivity contribution in [2.24, 2.45) is 0 Å². The molecule has 10 heavy (non-hydrogen) atoms. The molecule has 0 radical (unpaired) electrons. The fraction of sp³-hybridized carbons (Fsp3) is 0.200. The third-order valence-electron chi connectivity index (χ3n) is 0.657. The summed E-state index contributed by atoms with van der Waals surface area (Å²) in [5, 5.41) is 0.736. The molecule has 5 heteroatoms. The molecule has 1 N–H and O–H groups in total. The van der Waals surface area contributed by atoms with Gasteiger partial charge in [-0.25, -0.2) is 0 Å². The number of allylic oxidation sites excluding steroid dienone is 2. The van der Waals surface area contributed by atoms with Gasteiger partial charge in [-0.2, -0.15) is 8.42 Å². The van der Waals surface area contributed by atoms with Gasteiger partial charge in [-0.3, -0.25) is 4.55 Å². The molecule has 0 aromatic carbocycles. The Morgan fingerprint density at radius 2 is 2.10 bits per heavy atom. The average molecular weight is 156 g/mol. The summed E-state index contributed by atoms with van der Waals surface area (Å²) in [4.78, 5) is 0. The van der Waals surface area contributed by atoms with E-state index in [9.17, 15) is 8.42 Å². The molecule has 0 saturated heterocycles. The van der Waals surface area contributed by atoms with E-state index in [1.807, 2.05) is 0 Å². The molecule has 0 aromatic rings. The third-order valence-corrected chi connectivity index (χ3v) is 1.33. The molecular formula is C5H9LiO3S. The van der Waals surface area contributed by atoms with Crippen molar-refractivity contribution in [3.8, 4) is 0 Å². The molecule has 0 rings (SSSR count). The van der Waals surface area contributed by atoms with Gasteiger partial charge in [0, 0.05) is 0 Å². The molecule has 0 aromatic heterocycles. The normalized spacial score (nSPS) is 12.0. The van der Waals surface area contributed by atoms with Gasteiger partial charge in [0.25, 0.3) is 10.1 Å². The fourth-order valence-corrected chi connectivity index (χ4v) is 0.849. The van der Waals surface area contributed by atoms with E-state index >= 15 is 0 Å². The van der Waals surface area contributed by atoms with Gasteiger partial charge in [-0.15, -0.1) is 0 Å². The Bertz CT molecular complexity index is 232. The molecule has 0 aliphatic heterocycles. The van der Waals surface area contributed by atoms with Gasteiger partial charge >= 0.3 is 18.9 Å². The maximum atomic E-state index is 10.0. The maximum Gasteiger partial charge on any atom is 1.00 e. The topological polar surface area (TPSA) is 54.4 Å². The van der Waals surface area contributed by atoms with Gasteiger partial charge in [0.1, 0.15) is 0 Å². The van der Waals surface area contributed by atoms with Crippen molar-refractivity contribution < 1.29 is 33.3 Å². The van der Waals surface area contributed by atoms with Crippen LogP contribution in [0, 0.1) is 0 Å². The summed E-state index contributed by atoms with van der Waals surface area (Å²) < 4.78 is 28.2. The second-order valence-corrected chi connectivity index (χ2v) is 2.85. The number of hydrogen-bond acceptors (Lipinski definition) is 2. The van der Waals surface area contributed by atoms with Gasteiger partial charge in [-0.1, -0.05) is 12.7 Å². The van der Waals surface area contributed by atoms with E-state index in [1.165, 1.54) is 13.0 Å². The smallest absolute Gasteiger partial charge is 1.00 e. The predicted octanol–water partition coefficient (Wildman–Crippen LogP) is -1.92. The first-order chi connectivity index (χ1) is 3.95. The second-order valence-electron chi connectivity index (χ2n) is 1.58. The Labute approximate surface area is 74.2 Å². The van der Waals surface area contributed by atoms with E-state index < -0.39 is 10.1 Å². The molecule has 0 spiro atoms. The minimum absolute atomic E-state index is 0. The molecule has 54 valence electrons. The molecule has 0 bridgehead atoms. The zero-order chi connectivity index (χ0) is 7.49. The quantitative estimate of drug-likeness (QED) is 0.288. The number of rotatable bonds is 2. The van der Waals surface area contributed by atoms with Gasteiger partial charge in [-0.05, 0) is 12.5 Å². The van der Waals surface area contributed by atoms with Crippen LogP contribution in [0.5, 0.6) is 0 Å². The Morgan fingerprint density at radius 3 is 2.20 bits per heavy atom. The van der Waals surface area contributed by atoms with E-state index in [0.29, 0.717) is 5.57 Å². The van der Waals surface area contributed by atoms with Crippen LogP contribution in [-0.4, -0.2) is 13.0 Å². The van der Waals surface area contributed by atoms with Crippen molar-refractivity contribution in [1.29, 1.82) is 0 Å². The molecular weight excluding hydrogens is 147 g/mol. The summed E-state index contributed by atoms with van der Waals surface area (Å²) in [6, 6.07) is 0. The fourth-order valence-electron chi connectivity index (χ4n) is 0.283. The molecule has 0 saturated carbocycles. The van der Waals surface area contributed by atoms with E-state index in [0.717, 1.165) is 5.41 Å². The summed E-state index contributed by atoms with van der Waals surface area (Å²) in [7, 11) is -3.97. The molecule has 0 heterocycles. The van der Waals surface area contributed by atoms with Crippen LogP contribution < -0.4 is 18.9 Å². The van der Waals surface area contributed by atoms with Crippen LogP contribution in [0.15, 0.2) is 23.6 Å². The molecule has 0 atom stereocenters. The van der Waals surface area contributed by atoms with Crippen LogP contribution in [0.3, 0.4) is 0 Å². The summed E-state index contributed by atoms with van der Waals surface area (Å²) in [5.74, 6) is 0. The monoisotopic (exact) mass is 156 g/mol. The zero-order valence-corrected chi connectivity index (χ0v) is 6.85. The molecule has 0 aliphatic rings. The van der Waals surface area contributed by atoms with Gasteiger partial charge in [0.05, 0.1) is 5.41 Å². The Morgan fingerprint density at radius 1 is 1.70 bits per heavy atom. The van der Waals surface area contributed by atoms with Crippen LogP contribution in [0.25, 0.3) is 0 Å². The van der Waals surface area contributed by atoms with E-state index in [-0.39, 0.29) is 20.3 Å². The van der Waals surface area contributed by atoms with Crippen LogP contribution in [-0.2, 0) is 10.1 Å². The first-order valence-electron chi connectivity index (χ1n) is 2.24. The van der Waals surface area contributed by atoms with Gasteiger partial charge < -0.3 is 1.43 Å². The SMILES string of the molecule is C=CC(C)=CS(=O)(=O)O.[H-].[Li+]. The van der Waals surface area contributed by atoms with Crippen molar-refractivity contribution in [1.82, 2.24) is 0 Å². The summed E-state index contributed by atoms with van der Waals surface area (Å²) in [5.41, 5.74) is 0.414. The van der Waals surface area contributed by atoms with Crippen molar-refractivity contribution in [3.05, 3.63) is 23.6 Å². The Hall–Kier alpha value is -0.0126. The standard InChI is InChI=1S/C5H8O3S.Li.H/c1-3-5(2)4-9(6,7)8;;/h3-4H,1H2,2H3,(H,6,7,8);;/q;+1;-1. The molecule has 0 fully saturated rings. The molecule has 0 aliphatic carbocycles. The van der Waals surface area contributed by atoms with Crippen molar-refractivity contribution >= 4 is 10.1 Å². The summed E-state index contributed by atoms with van der Waals surface area (Å²) in [6.45, 7) is 4.83. The van der Waals surface area contributed by atoms with Crippen LogP contribution in [0.2, 0.25) is 0 Å². The van der Waals surface area contributed by atoms with E-state index in [1.54, 1.807) is 0 Å². The van der Waals surface area contributed by atoms with Gasteiger partial charge in [0.2, 0.25) is 0 Å². The first-order valence-corrected chi connectivity index (χ1v) is 3.74. The Balaban J connectivity index is -0.000000320.